The summed E-state index contributed by atoms with van der Waals surface area (Å²) in [4.78, 5) is 17.8. The van der Waals surface area contributed by atoms with Crippen LogP contribution in [0.4, 0.5) is 17.2 Å². The van der Waals surface area contributed by atoms with E-state index in [-0.39, 0.29) is 28.4 Å². The molecule has 38 heavy (non-hydrogen) atoms. The van der Waals surface area contributed by atoms with Gasteiger partial charge in [0.05, 0.1) is 22.0 Å². The van der Waals surface area contributed by atoms with Crippen molar-refractivity contribution in [1.29, 1.82) is 5.26 Å². The zero-order chi connectivity index (χ0) is 26.1. The molecule has 182 valence electrons. The fourth-order valence-corrected chi connectivity index (χ4v) is 4.98. The molecule has 6 rings (SSSR count). The molecule has 0 bridgehead atoms. The summed E-state index contributed by atoms with van der Waals surface area (Å²) in [6.07, 6.45) is 1.39. The van der Waals surface area contributed by atoms with E-state index >= 15 is 0 Å². The molecule has 0 aliphatic heterocycles. The number of carbonyl (C=O) groups is 1. The Kier molecular flexibility index (Phi) is 5.80. The Morgan fingerprint density at radius 3 is 2.58 bits per heavy atom. The predicted octanol–water partition coefficient (Wildman–Crippen LogP) is 6.88. The van der Waals surface area contributed by atoms with E-state index in [1.807, 2.05) is 42.5 Å². The van der Waals surface area contributed by atoms with E-state index in [9.17, 15) is 15.2 Å². The standard InChI is InChI=1S/C28H17N7O2S/c29-15-18-16-30-35(28-32-21-12-6-7-13-23(21)38-28)26(18)34-33-22-14-17-8-4-5-11-20(17)24(25(22)36)27(37)31-19-9-2-1-3-10-19/h1-14,16,36H,(H,31,37). The molecular weight excluding hydrogens is 498 g/mol. The van der Waals surface area contributed by atoms with Crippen LogP contribution in [0.5, 0.6) is 5.75 Å². The van der Waals surface area contributed by atoms with Gasteiger partial charge in [-0.15, -0.1) is 10.2 Å². The maximum absolute atomic E-state index is 13.3. The van der Waals surface area contributed by atoms with Gasteiger partial charge < -0.3 is 10.4 Å². The largest absolute Gasteiger partial charge is 0.505 e. The monoisotopic (exact) mass is 515 g/mol. The molecule has 0 unspecified atom stereocenters. The van der Waals surface area contributed by atoms with Gasteiger partial charge in [0, 0.05) is 5.69 Å². The van der Waals surface area contributed by atoms with E-state index in [4.69, 9.17) is 0 Å². The molecule has 0 saturated heterocycles. The molecule has 10 heteroatoms. The number of rotatable bonds is 5. The van der Waals surface area contributed by atoms with Crippen LogP contribution in [0.3, 0.4) is 0 Å². The molecule has 9 nitrogen and oxygen atoms in total. The third-order valence-electron chi connectivity index (χ3n) is 5.84. The van der Waals surface area contributed by atoms with Gasteiger partial charge in [-0.3, -0.25) is 4.79 Å². The van der Waals surface area contributed by atoms with Crippen LogP contribution in [0, 0.1) is 11.3 Å². The van der Waals surface area contributed by atoms with E-state index in [2.05, 4.69) is 31.7 Å². The van der Waals surface area contributed by atoms with Gasteiger partial charge in [0.15, 0.2) is 11.6 Å². The SMILES string of the molecule is N#Cc1cnn(-c2nc3ccccc3s2)c1N=Nc1cc2ccccc2c(C(=O)Nc2ccccc2)c1O. The highest BCUT2D eigenvalue weighted by Gasteiger charge is 2.21. The van der Waals surface area contributed by atoms with Gasteiger partial charge in [0.25, 0.3) is 5.91 Å². The molecule has 2 N–H and O–H groups in total. The lowest BCUT2D eigenvalue weighted by Crippen LogP contribution is -2.12. The summed E-state index contributed by atoms with van der Waals surface area (Å²) in [6.45, 7) is 0. The van der Waals surface area contributed by atoms with E-state index in [1.165, 1.54) is 22.2 Å². The minimum Gasteiger partial charge on any atom is -0.505 e. The van der Waals surface area contributed by atoms with Crippen molar-refractivity contribution in [3.8, 4) is 17.0 Å². The van der Waals surface area contributed by atoms with Gasteiger partial charge in [0.1, 0.15) is 17.3 Å². The number of phenols is 1. The number of nitriles is 1. The Labute approximate surface area is 220 Å². The number of thiazole rings is 1. The lowest BCUT2D eigenvalue weighted by molar-refractivity contribution is 0.102. The van der Waals surface area contributed by atoms with Gasteiger partial charge in [-0.2, -0.15) is 15.0 Å². The first-order valence-electron chi connectivity index (χ1n) is 11.5. The van der Waals surface area contributed by atoms with Crippen molar-refractivity contribution in [1.82, 2.24) is 14.8 Å². The zero-order valence-electron chi connectivity index (χ0n) is 19.6. The molecule has 2 aromatic heterocycles. The van der Waals surface area contributed by atoms with Crippen molar-refractivity contribution in [3.05, 3.63) is 102 Å². The van der Waals surface area contributed by atoms with Crippen LogP contribution < -0.4 is 5.32 Å². The molecule has 0 aliphatic rings. The molecule has 0 spiro atoms. The van der Waals surface area contributed by atoms with Gasteiger partial charge in [-0.05, 0) is 41.1 Å². The molecule has 0 fully saturated rings. The van der Waals surface area contributed by atoms with Crippen LogP contribution in [-0.4, -0.2) is 25.8 Å². The maximum Gasteiger partial charge on any atom is 0.260 e. The zero-order valence-corrected chi connectivity index (χ0v) is 20.4. The molecule has 0 radical (unpaired) electrons. The second-order valence-corrected chi connectivity index (χ2v) is 9.24. The number of aromatic hydroxyl groups is 1. The summed E-state index contributed by atoms with van der Waals surface area (Å²) < 4.78 is 2.40. The summed E-state index contributed by atoms with van der Waals surface area (Å²) >= 11 is 1.40. The second kappa shape index (κ2) is 9.57. The van der Waals surface area contributed by atoms with Crippen molar-refractivity contribution in [3.63, 3.8) is 0 Å². The number of azo groups is 1. The quantitative estimate of drug-likeness (QED) is 0.242. The van der Waals surface area contributed by atoms with Crippen molar-refractivity contribution < 1.29 is 9.90 Å². The van der Waals surface area contributed by atoms with Gasteiger partial charge in [-0.25, -0.2) is 4.98 Å². The van der Waals surface area contributed by atoms with Crippen LogP contribution in [0.15, 0.2) is 101 Å². The third-order valence-corrected chi connectivity index (χ3v) is 6.85. The average molecular weight is 516 g/mol. The van der Waals surface area contributed by atoms with E-state index in [0.717, 1.165) is 10.2 Å². The van der Waals surface area contributed by atoms with E-state index < -0.39 is 5.91 Å². The number of aromatic nitrogens is 3. The van der Waals surface area contributed by atoms with Crippen LogP contribution >= 0.6 is 11.3 Å². The third kappa shape index (κ3) is 4.13. The number of anilines is 1. The Balaban J connectivity index is 1.44. The number of nitrogens with one attached hydrogen (secondary N) is 1. The van der Waals surface area contributed by atoms with Crippen molar-refractivity contribution in [2.45, 2.75) is 0 Å². The number of para-hydroxylation sites is 2. The van der Waals surface area contributed by atoms with Gasteiger partial charge in [0.2, 0.25) is 5.13 Å². The molecule has 0 aliphatic carbocycles. The van der Waals surface area contributed by atoms with Crippen LogP contribution in [-0.2, 0) is 0 Å². The number of hydrogen-bond donors (Lipinski definition) is 2. The summed E-state index contributed by atoms with van der Waals surface area (Å²) in [6, 6.07) is 27.5. The van der Waals surface area contributed by atoms with Gasteiger partial charge >= 0.3 is 0 Å². The Bertz CT molecular complexity index is 1870. The lowest BCUT2D eigenvalue weighted by atomic mass is 10.0. The minimum atomic E-state index is -0.487. The Morgan fingerprint density at radius 1 is 1.00 bits per heavy atom. The topological polar surface area (TPSA) is 129 Å². The average Bonchev–Trinajstić information content (AvgIpc) is 3.56. The van der Waals surface area contributed by atoms with E-state index in [1.54, 1.807) is 42.5 Å². The van der Waals surface area contributed by atoms with Crippen LogP contribution in [0.25, 0.3) is 26.1 Å². The fourth-order valence-electron chi connectivity index (χ4n) is 4.05. The van der Waals surface area contributed by atoms with Crippen molar-refractivity contribution in [2.24, 2.45) is 10.2 Å². The highest BCUT2D eigenvalue weighted by Crippen LogP contribution is 2.39. The Morgan fingerprint density at radius 2 is 1.76 bits per heavy atom. The highest BCUT2D eigenvalue weighted by atomic mass is 32.1. The predicted molar refractivity (Wildman–Crippen MR) is 146 cm³/mol. The molecular formula is C28H17N7O2S. The Hall–Kier alpha value is -5.40. The van der Waals surface area contributed by atoms with Crippen LogP contribution in [0.2, 0.25) is 0 Å². The normalized spacial score (nSPS) is 11.2. The summed E-state index contributed by atoms with van der Waals surface area (Å²) in [5.74, 6) is -0.654. The first-order chi connectivity index (χ1) is 18.6. The highest BCUT2D eigenvalue weighted by molar-refractivity contribution is 7.20. The smallest absolute Gasteiger partial charge is 0.260 e. The number of nitrogens with zero attached hydrogens (tertiary/aromatic N) is 6. The fraction of sp³-hybridized carbons (Fsp3) is 0. The molecule has 2 heterocycles. The maximum atomic E-state index is 13.3. The number of phenolic OH excluding ortho intramolecular Hbond substituents is 1. The number of hydrogen-bond acceptors (Lipinski definition) is 8. The van der Waals surface area contributed by atoms with E-state index in [0.29, 0.717) is 21.6 Å². The first kappa shape index (κ1) is 23.0. The summed E-state index contributed by atoms with van der Waals surface area (Å²) in [5.41, 5.74) is 1.72. The molecule has 1 amide bonds. The van der Waals surface area contributed by atoms with Crippen molar-refractivity contribution >= 4 is 55.4 Å². The second-order valence-electron chi connectivity index (χ2n) is 8.23. The van der Waals surface area contributed by atoms with Gasteiger partial charge in [-0.1, -0.05) is 65.9 Å². The van der Waals surface area contributed by atoms with Crippen molar-refractivity contribution in [2.75, 3.05) is 5.32 Å². The lowest BCUT2D eigenvalue weighted by Gasteiger charge is -2.12. The number of benzene rings is 4. The first-order valence-corrected chi connectivity index (χ1v) is 12.3. The molecule has 6 aromatic rings. The number of carbonyl (C=O) groups excluding carboxylic acids is 1. The molecule has 0 atom stereocenters. The molecule has 0 saturated carbocycles. The summed E-state index contributed by atoms with van der Waals surface area (Å²) in [7, 11) is 0. The number of amides is 1. The van der Waals surface area contributed by atoms with Crippen LogP contribution in [0.1, 0.15) is 15.9 Å². The summed E-state index contributed by atoms with van der Waals surface area (Å²) in [5, 5.41) is 38.2. The number of fused-ring (bicyclic) bond motifs is 2. The molecule has 4 aromatic carbocycles. The minimum absolute atomic E-state index is 0.0705.